The van der Waals surface area contributed by atoms with E-state index in [2.05, 4.69) is 31.3 Å². The van der Waals surface area contributed by atoms with E-state index < -0.39 is 11.2 Å². The lowest BCUT2D eigenvalue weighted by Crippen LogP contribution is -2.43. The second kappa shape index (κ2) is 11.9. The number of likely N-dealkylation sites (tertiary alicyclic amines) is 1. The molecule has 0 saturated carbocycles. The summed E-state index contributed by atoms with van der Waals surface area (Å²) in [7, 11) is 1.55. The molecule has 1 spiro atoms. The van der Waals surface area contributed by atoms with Crippen LogP contribution in [-0.4, -0.2) is 85.8 Å². The number of amides is 2. The number of oxazole rings is 1. The van der Waals surface area contributed by atoms with Gasteiger partial charge in [0.15, 0.2) is 11.5 Å². The number of aryl methyl sites for hydroxylation is 2. The van der Waals surface area contributed by atoms with Crippen molar-refractivity contribution in [2.45, 2.75) is 26.2 Å². The van der Waals surface area contributed by atoms with Crippen LogP contribution in [0.15, 0.2) is 80.4 Å². The molecule has 258 valence electrons. The molecule has 0 bridgehead atoms. The molecular formula is C38H36N8O5. The number of carbonyl (C=O) groups excluding carboxylic acids is 2. The molecule has 1 unspecified atom stereocenters. The predicted molar refractivity (Wildman–Crippen MR) is 191 cm³/mol. The smallest absolute Gasteiger partial charge is 0.437 e. The quantitative estimate of drug-likeness (QED) is 0.262. The fourth-order valence-electron chi connectivity index (χ4n) is 7.86. The SMILES string of the molecule is Cc1nc2cc(-c3n[nH]c4ccc(N5CCC6(CCN(CC(=O)N7CC=C(c8ccc(-c9nn(C)c(=O)o9)cc8)CC7)C6)C5=O)cc34)ccc2o1. The first-order valence-corrected chi connectivity index (χ1v) is 17.2. The summed E-state index contributed by atoms with van der Waals surface area (Å²) >= 11 is 0. The van der Waals surface area contributed by atoms with Crippen molar-refractivity contribution in [3.8, 4) is 22.7 Å². The number of H-pyrrole nitrogens is 1. The van der Waals surface area contributed by atoms with Crippen molar-refractivity contribution < 1.29 is 18.4 Å². The minimum absolute atomic E-state index is 0.0853. The first kappa shape index (κ1) is 31.2. The van der Waals surface area contributed by atoms with Crippen molar-refractivity contribution in [1.82, 2.24) is 34.8 Å². The Morgan fingerprint density at radius 2 is 1.75 bits per heavy atom. The number of nitrogens with zero attached hydrogens (tertiary/aromatic N) is 7. The molecule has 1 atom stereocenters. The van der Waals surface area contributed by atoms with Gasteiger partial charge in [0, 0.05) is 62.4 Å². The average Bonchev–Trinajstić information content (AvgIpc) is 3.97. The van der Waals surface area contributed by atoms with Crippen LogP contribution in [0, 0.1) is 12.3 Å². The number of aromatic amines is 1. The zero-order valence-corrected chi connectivity index (χ0v) is 28.4. The Balaban J connectivity index is 0.839. The Hall–Kier alpha value is -5.82. The van der Waals surface area contributed by atoms with E-state index in [9.17, 15) is 14.4 Å². The second-order valence-corrected chi connectivity index (χ2v) is 13.9. The van der Waals surface area contributed by atoms with Crippen molar-refractivity contribution in [2.24, 2.45) is 12.5 Å². The van der Waals surface area contributed by atoms with Crippen LogP contribution in [0.1, 0.15) is 30.7 Å². The molecule has 3 aliphatic heterocycles. The fourth-order valence-corrected chi connectivity index (χ4v) is 7.86. The number of hydrogen-bond acceptors (Lipinski definition) is 9. The number of aromatic nitrogens is 5. The van der Waals surface area contributed by atoms with Gasteiger partial charge in [-0.15, -0.1) is 5.10 Å². The van der Waals surface area contributed by atoms with Gasteiger partial charge in [-0.1, -0.05) is 18.2 Å². The molecule has 0 aliphatic carbocycles. The number of rotatable bonds is 6. The largest absolute Gasteiger partial charge is 0.441 e. The van der Waals surface area contributed by atoms with Crippen molar-refractivity contribution in [3.63, 3.8) is 0 Å². The van der Waals surface area contributed by atoms with Crippen LogP contribution in [0.4, 0.5) is 5.69 Å². The van der Waals surface area contributed by atoms with E-state index >= 15 is 0 Å². The number of hydrogen-bond donors (Lipinski definition) is 1. The van der Waals surface area contributed by atoms with Gasteiger partial charge in [-0.3, -0.25) is 19.6 Å². The highest BCUT2D eigenvalue weighted by Gasteiger charge is 2.51. The van der Waals surface area contributed by atoms with E-state index in [-0.39, 0.29) is 17.7 Å². The molecule has 13 heteroatoms. The maximum absolute atomic E-state index is 14.1. The van der Waals surface area contributed by atoms with Gasteiger partial charge < -0.3 is 18.6 Å². The van der Waals surface area contributed by atoms with Gasteiger partial charge in [-0.05, 0) is 85.5 Å². The van der Waals surface area contributed by atoms with Crippen molar-refractivity contribution in [1.29, 1.82) is 0 Å². The first-order chi connectivity index (χ1) is 24.7. The molecule has 0 radical (unpaired) electrons. The summed E-state index contributed by atoms with van der Waals surface area (Å²) in [5.74, 6) is 0.621. The molecule has 1 N–H and O–H groups in total. The van der Waals surface area contributed by atoms with Crippen molar-refractivity contribution in [3.05, 3.63) is 88.7 Å². The van der Waals surface area contributed by atoms with Gasteiger partial charge in [0.05, 0.1) is 17.5 Å². The molecule has 6 heterocycles. The predicted octanol–water partition coefficient (Wildman–Crippen LogP) is 4.78. The van der Waals surface area contributed by atoms with Gasteiger partial charge in [-0.25, -0.2) is 9.78 Å². The number of fused-ring (bicyclic) bond motifs is 2. The zero-order valence-electron chi connectivity index (χ0n) is 28.4. The molecule has 3 aromatic carbocycles. The third kappa shape index (κ3) is 5.44. The van der Waals surface area contributed by atoms with E-state index in [0.717, 1.165) is 75.9 Å². The molecule has 3 aromatic heterocycles. The molecule has 9 rings (SSSR count). The number of carbonyl (C=O) groups is 2. The van der Waals surface area contributed by atoms with Gasteiger partial charge in [0.1, 0.15) is 11.2 Å². The number of nitrogens with one attached hydrogen (secondary N) is 1. The van der Waals surface area contributed by atoms with E-state index in [1.807, 2.05) is 77.4 Å². The van der Waals surface area contributed by atoms with Crippen LogP contribution < -0.4 is 10.7 Å². The molecule has 2 fully saturated rings. The maximum Gasteiger partial charge on any atom is 0.437 e. The molecule has 13 nitrogen and oxygen atoms in total. The highest BCUT2D eigenvalue weighted by molar-refractivity contribution is 6.03. The number of anilines is 1. The van der Waals surface area contributed by atoms with Gasteiger partial charge >= 0.3 is 5.76 Å². The molecule has 3 aliphatic rings. The minimum atomic E-state index is -0.498. The van der Waals surface area contributed by atoms with Crippen LogP contribution in [-0.2, 0) is 16.6 Å². The summed E-state index contributed by atoms with van der Waals surface area (Å²) < 4.78 is 12.0. The van der Waals surface area contributed by atoms with Crippen LogP contribution in [0.5, 0.6) is 0 Å². The molecular weight excluding hydrogens is 648 g/mol. The van der Waals surface area contributed by atoms with Crippen LogP contribution in [0.25, 0.3) is 50.3 Å². The third-order valence-electron chi connectivity index (χ3n) is 10.7. The highest BCUT2D eigenvalue weighted by atomic mass is 16.4. The zero-order chi connectivity index (χ0) is 34.9. The summed E-state index contributed by atoms with van der Waals surface area (Å²) in [5, 5.41) is 12.8. The second-order valence-electron chi connectivity index (χ2n) is 13.9. The van der Waals surface area contributed by atoms with E-state index in [1.54, 1.807) is 7.05 Å². The molecule has 2 amide bonds. The van der Waals surface area contributed by atoms with E-state index in [0.29, 0.717) is 38.6 Å². The minimum Gasteiger partial charge on any atom is -0.441 e. The summed E-state index contributed by atoms with van der Waals surface area (Å²) in [5.41, 5.74) is 7.49. The highest BCUT2D eigenvalue weighted by Crippen LogP contribution is 2.43. The van der Waals surface area contributed by atoms with Gasteiger partial charge in [0.25, 0.3) is 0 Å². The Labute approximate surface area is 292 Å². The lowest BCUT2D eigenvalue weighted by molar-refractivity contribution is -0.132. The summed E-state index contributed by atoms with van der Waals surface area (Å²) in [6, 6.07) is 19.6. The van der Waals surface area contributed by atoms with Crippen LogP contribution in [0.3, 0.4) is 0 Å². The normalized spacial score (nSPS) is 19.6. The van der Waals surface area contributed by atoms with Gasteiger partial charge in [0.2, 0.25) is 17.7 Å². The summed E-state index contributed by atoms with van der Waals surface area (Å²) in [6.07, 6.45) is 4.36. The monoisotopic (exact) mass is 684 g/mol. The van der Waals surface area contributed by atoms with Crippen molar-refractivity contribution >= 4 is 45.1 Å². The lowest BCUT2D eigenvalue weighted by Gasteiger charge is -2.29. The topological polar surface area (TPSA) is 147 Å². The Bertz CT molecular complexity index is 2440. The summed E-state index contributed by atoms with van der Waals surface area (Å²) in [4.78, 5) is 49.5. The molecule has 51 heavy (non-hydrogen) atoms. The Morgan fingerprint density at radius 3 is 2.53 bits per heavy atom. The first-order valence-electron chi connectivity index (χ1n) is 17.2. The summed E-state index contributed by atoms with van der Waals surface area (Å²) in [6.45, 7) is 5.26. The van der Waals surface area contributed by atoms with Crippen LogP contribution >= 0.6 is 0 Å². The van der Waals surface area contributed by atoms with E-state index in [1.165, 1.54) is 10.3 Å². The molecule has 2 saturated heterocycles. The maximum atomic E-state index is 14.1. The van der Waals surface area contributed by atoms with Crippen molar-refractivity contribution in [2.75, 3.05) is 44.2 Å². The van der Waals surface area contributed by atoms with Gasteiger partial charge in [-0.2, -0.15) is 9.78 Å². The van der Waals surface area contributed by atoms with E-state index in [4.69, 9.17) is 8.83 Å². The third-order valence-corrected chi connectivity index (χ3v) is 10.7. The Kier molecular flexibility index (Phi) is 7.28. The Morgan fingerprint density at radius 1 is 0.941 bits per heavy atom. The fraction of sp³-hybridized carbons (Fsp3) is 0.316. The lowest BCUT2D eigenvalue weighted by atomic mass is 9.85. The standard InChI is InChI=1S/C38H36N8O5/c1-23-39-31-19-27(7-10-32(31)50-23)34-29-20-28(8-9-30(29)40-41-34)46-18-14-38(36(46)48)13-17-44(22-38)21-33(47)45-15-11-25(12-16-45)24-3-5-26(6-4-24)35-42-43(2)37(49)51-35/h3-11,19-20H,12-18,21-22H2,1-2H3,(H,40,41). The number of benzene rings is 3. The molecule has 6 aromatic rings. The average molecular weight is 685 g/mol. The van der Waals surface area contributed by atoms with Crippen LogP contribution in [0.2, 0.25) is 0 Å².